The second-order valence-electron chi connectivity index (χ2n) is 5.46. The lowest BCUT2D eigenvalue weighted by Gasteiger charge is -2.19. The number of amides is 1. The summed E-state index contributed by atoms with van der Waals surface area (Å²) in [5.41, 5.74) is 0.0925. The number of aromatic nitrogens is 2. The van der Waals surface area contributed by atoms with Crippen molar-refractivity contribution in [2.75, 3.05) is 5.32 Å². The van der Waals surface area contributed by atoms with E-state index in [4.69, 9.17) is 20.8 Å². The van der Waals surface area contributed by atoms with E-state index in [9.17, 15) is 4.79 Å². The molecule has 0 saturated carbocycles. The van der Waals surface area contributed by atoms with Crippen LogP contribution < -0.4 is 10.6 Å². The van der Waals surface area contributed by atoms with Gasteiger partial charge in [-0.05, 0) is 32.9 Å². The Hall–Kier alpha value is -2.28. The van der Waals surface area contributed by atoms with Crippen molar-refractivity contribution < 1.29 is 13.9 Å². The predicted octanol–water partition coefficient (Wildman–Crippen LogP) is 3.49. The van der Waals surface area contributed by atoms with Crippen molar-refractivity contribution in [3.05, 3.63) is 35.2 Å². The van der Waals surface area contributed by atoms with Gasteiger partial charge in [-0.1, -0.05) is 28.8 Å². The van der Waals surface area contributed by atoms with Gasteiger partial charge in [0.25, 0.3) is 0 Å². The Morgan fingerprint density at radius 1 is 1.32 bits per heavy atom. The molecule has 1 aromatic carbocycles. The minimum absolute atomic E-state index is 0.0755. The highest BCUT2D eigenvalue weighted by Crippen LogP contribution is 2.23. The Bertz CT molecular complexity index is 652. The first kappa shape index (κ1) is 16.1. The highest BCUT2D eigenvalue weighted by atomic mass is 35.5. The van der Waals surface area contributed by atoms with Gasteiger partial charge in [0.2, 0.25) is 5.89 Å². The molecule has 2 N–H and O–H groups in total. The van der Waals surface area contributed by atoms with Crippen LogP contribution in [0.1, 0.15) is 26.7 Å². The molecule has 118 valence electrons. The largest absolute Gasteiger partial charge is 0.444 e. The van der Waals surface area contributed by atoms with Crippen molar-refractivity contribution in [1.29, 1.82) is 0 Å². The molecule has 2 rings (SSSR count). The van der Waals surface area contributed by atoms with Crippen LogP contribution in [-0.2, 0) is 11.3 Å². The summed E-state index contributed by atoms with van der Waals surface area (Å²) >= 11 is 6.02. The fourth-order valence-electron chi connectivity index (χ4n) is 1.52. The first-order chi connectivity index (χ1) is 10.3. The van der Waals surface area contributed by atoms with E-state index in [2.05, 4.69) is 20.8 Å². The highest BCUT2D eigenvalue weighted by molar-refractivity contribution is 6.33. The molecule has 1 aromatic heterocycles. The number of hydrogen-bond donors (Lipinski definition) is 2. The van der Waals surface area contributed by atoms with E-state index in [1.807, 2.05) is 12.1 Å². The number of rotatable bonds is 4. The summed E-state index contributed by atoms with van der Waals surface area (Å²) in [6, 6.07) is 7.36. The average molecular weight is 325 g/mol. The number of alkyl carbamates (subject to hydrolysis) is 1. The maximum absolute atomic E-state index is 11.5. The monoisotopic (exact) mass is 324 g/mol. The van der Waals surface area contributed by atoms with Crippen LogP contribution in [0.4, 0.5) is 16.5 Å². The van der Waals surface area contributed by atoms with Gasteiger partial charge in [-0.3, -0.25) is 0 Å². The fraction of sp³-hybridized carbons (Fsp3) is 0.357. The van der Waals surface area contributed by atoms with Crippen LogP contribution >= 0.6 is 11.6 Å². The van der Waals surface area contributed by atoms with E-state index < -0.39 is 11.7 Å². The Balaban J connectivity index is 1.89. The summed E-state index contributed by atoms with van der Waals surface area (Å²) in [4.78, 5) is 11.5. The number of nitrogens with one attached hydrogen (secondary N) is 2. The maximum atomic E-state index is 11.5. The SMILES string of the molecule is CC(C)(C)OC(=O)NCc1nnc(Nc2ccccc2Cl)o1. The van der Waals surface area contributed by atoms with E-state index in [0.717, 1.165) is 0 Å². The Morgan fingerprint density at radius 2 is 2.05 bits per heavy atom. The molecule has 0 fully saturated rings. The zero-order chi connectivity index (χ0) is 16.2. The van der Waals surface area contributed by atoms with E-state index in [1.165, 1.54) is 0 Å². The summed E-state index contributed by atoms with van der Waals surface area (Å²) in [5.74, 6) is 0.250. The average Bonchev–Trinajstić information content (AvgIpc) is 2.85. The number of benzene rings is 1. The lowest BCUT2D eigenvalue weighted by molar-refractivity contribution is 0.0519. The smallest absolute Gasteiger partial charge is 0.408 e. The molecule has 8 heteroatoms. The van der Waals surface area contributed by atoms with Crippen LogP contribution in [-0.4, -0.2) is 21.9 Å². The molecule has 0 spiro atoms. The molecule has 1 heterocycles. The highest BCUT2D eigenvalue weighted by Gasteiger charge is 2.16. The van der Waals surface area contributed by atoms with Crippen LogP contribution in [0.25, 0.3) is 0 Å². The third kappa shape index (κ3) is 4.92. The molecule has 0 saturated heterocycles. The number of para-hydroxylation sites is 1. The molecule has 0 aliphatic rings. The lowest BCUT2D eigenvalue weighted by Crippen LogP contribution is -2.32. The van der Waals surface area contributed by atoms with Crippen molar-refractivity contribution in [2.45, 2.75) is 32.9 Å². The second-order valence-corrected chi connectivity index (χ2v) is 5.87. The van der Waals surface area contributed by atoms with Crippen molar-refractivity contribution in [3.63, 3.8) is 0 Å². The van der Waals surface area contributed by atoms with Crippen molar-refractivity contribution >= 4 is 29.4 Å². The molecule has 0 atom stereocenters. The topological polar surface area (TPSA) is 89.3 Å². The first-order valence-electron chi connectivity index (χ1n) is 6.64. The lowest BCUT2D eigenvalue weighted by atomic mass is 10.2. The van der Waals surface area contributed by atoms with Gasteiger partial charge in [0.05, 0.1) is 17.3 Å². The standard InChI is InChI=1S/C14H17ClN4O3/c1-14(2,3)22-13(20)16-8-11-18-19-12(21-11)17-10-7-5-4-6-9(10)15/h4-7H,8H2,1-3H3,(H,16,20)(H,17,19). The number of anilines is 2. The summed E-state index contributed by atoms with van der Waals surface area (Å²) in [5, 5.41) is 13.6. The molecule has 7 nitrogen and oxygen atoms in total. The zero-order valence-corrected chi connectivity index (χ0v) is 13.3. The first-order valence-corrected chi connectivity index (χ1v) is 7.02. The van der Waals surface area contributed by atoms with Gasteiger partial charge in [-0.2, -0.15) is 0 Å². The van der Waals surface area contributed by atoms with Crippen LogP contribution in [0.3, 0.4) is 0 Å². The number of carbonyl (C=O) groups is 1. The summed E-state index contributed by atoms with van der Waals surface area (Å²) in [6.07, 6.45) is -0.550. The second kappa shape index (κ2) is 6.65. The molecule has 0 unspecified atom stereocenters. The number of nitrogens with zero attached hydrogens (tertiary/aromatic N) is 2. The fourth-order valence-corrected chi connectivity index (χ4v) is 1.70. The van der Waals surface area contributed by atoms with Crippen molar-refractivity contribution in [1.82, 2.24) is 15.5 Å². The molecule has 0 aliphatic carbocycles. The maximum Gasteiger partial charge on any atom is 0.408 e. The molecule has 0 radical (unpaired) electrons. The number of hydrogen-bond acceptors (Lipinski definition) is 6. The predicted molar refractivity (Wildman–Crippen MR) is 82.1 cm³/mol. The van der Waals surface area contributed by atoms with E-state index in [1.54, 1.807) is 32.9 Å². The zero-order valence-electron chi connectivity index (χ0n) is 12.5. The van der Waals surface area contributed by atoms with Gasteiger partial charge in [0.1, 0.15) is 5.60 Å². The summed E-state index contributed by atoms with van der Waals surface area (Å²) in [6.45, 7) is 5.42. The number of halogens is 1. The molecule has 22 heavy (non-hydrogen) atoms. The van der Waals surface area contributed by atoms with Gasteiger partial charge < -0.3 is 19.8 Å². The Kier molecular flexibility index (Phi) is 4.87. The Morgan fingerprint density at radius 3 is 2.73 bits per heavy atom. The minimum Gasteiger partial charge on any atom is -0.444 e. The van der Waals surface area contributed by atoms with E-state index in [-0.39, 0.29) is 18.5 Å². The van der Waals surface area contributed by atoms with Crippen LogP contribution in [0, 0.1) is 0 Å². The molecular weight excluding hydrogens is 308 g/mol. The normalized spacial score (nSPS) is 11.1. The summed E-state index contributed by atoms with van der Waals surface area (Å²) in [7, 11) is 0. The van der Waals surface area contributed by atoms with Crippen LogP contribution in [0.15, 0.2) is 28.7 Å². The van der Waals surface area contributed by atoms with Crippen molar-refractivity contribution in [3.8, 4) is 0 Å². The van der Waals surface area contributed by atoms with Gasteiger partial charge in [0.15, 0.2) is 0 Å². The van der Waals surface area contributed by atoms with E-state index in [0.29, 0.717) is 10.7 Å². The minimum atomic E-state index is -0.560. The third-order valence-electron chi connectivity index (χ3n) is 2.37. The van der Waals surface area contributed by atoms with Gasteiger partial charge in [-0.25, -0.2) is 4.79 Å². The van der Waals surface area contributed by atoms with Crippen LogP contribution in [0.2, 0.25) is 5.02 Å². The van der Waals surface area contributed by atoms with Crippen molar-refractivity contribution in [2.24, 2.45) is 0 Å². The van der Waals surface area contributed by atoms with Crippen LogP contribution in [0.5, 0.6) is 0 Å². The third-order valence-corrected chi connectivity index (χ3v) is 2.69. The van der Waals surface area contributed by atoms with Gasteiger partial charge in [0, 0.05) is 0 Å². The quantitative estimate of drug-likeness (QED) is 0.894. The number of ether oxygens (including phenoxy) is 1. The van der Waals surface area contributed by atoms with E-state index >= 15 is 0 Å². The number of carbonyl (C=O) groups excluding carboxylic acids is 1. The Labute approximate surface area is 133 Å². The summed E-state index contributed by atoms with van der Waals surface area (Å²) < 4.78 is 10.5. The molecular formula is C14H17ClN4O3. The van der Waals surface area contributed by atoms with Gasteiger partial charge >= 0.3 is 12.1 Å². The molecule has 0 aliphatic heterocycles. The molecule has 0 bridgehead atoms. The van der Waals surface area contributed by atoms with Gasteiger partial charge in [-0.15, -0.1) is 5.10 Å². The molecule has 2 aromatic rings. The molecule has 1 amide bonds.